The van der Waals surface area contributed by atoms with Gasteiger partial charge >= 0.3 is 0 Å². The molecule has 0 radical (unpaired) electrons. The van der Waals surface area contributed by atoms with Crippen molar-refractivity contribution in [3.05, 3.63) is 53.4 Å². The molecular weight excluding hydrogens is 331 g/mol. The predicted molar refractivity (Wildman–Crippen MR) is 99.8 cm³/mol. The fourth-order valence-electron chi connectivity index (χ4n) is 3.51. The van der Waals surface area contributed by atoms with Gasteiger partial charge in [-0.1, -0.05) is 0 Å². The SMILES string of the molecule is Cc1cc(C(=O)N2CCCC(c3nccn3CCN(C)C)C2)ccc1F. The Labute approximate surface area is 154 Å². The highest BCUT2D eigenvalue weighted by atomic mass is 19.1. The molecule has 2 heterocycles. The van der Waals surface area contributed by atoms with Crippen molar-refractivity contribution in [2.45, 2.75) is 32.2 Å². The standard InChI is InChI=1S/C20H27FN4O/c1-15-13-16(6-7-18(15)21)20(26)25-9-4-5-17(14-25)19-22-8-10-24(19)12-11-23(2)3/h6-8,10,13,17H,4-5,9,11-12,14H2,1-3H3. The van der Waals surface area contributed by atoms with Crippen LogP contribution in [0.3, 0.4) is 0 Å². The maximum absolute atomic E-state index is 13.5. The van der Waals surface area contributed by atoms with Crippen LogP contribution in [0.4, 0.5) is 4.39 Å². The van der Waals surface area contributed by atoms with Crippen LogP contribution in [0.1, 0.15) is 40.5 Å². The molecule has 1 amide bonds. The second kappa shape index (κ2) is 7.99. The predicted octanol–water partition coefficient (Wildman–Crippen LogP) is 2.91. The molecule has 1 aromatic heterocycles. The molecular formula is C20H27FN4O. The third-order valence-electron chi connectivity index (χ3n) is 5.01. The maximum Gasteiger partial charge on any atom is 0.253 e. The first-order chi connectivity index (χ1) is 12.5. The van der Waals surface area contributed by atoms with Gasteiger partial charge in [0.1, 0.15) is 11.6 Å². The fourth-order valence-corrected chi connectivity index (χ4v) is 3.51. The number of nitrogens with zero attached hydrogens (tertiary/aromatic N) is 4. The van der Waals surface area contributed by atoms with Crippen molar-refractivity contribution in [1.82, 2.24) is 19.4 Å². The Morgan fingerprint density at radius 1 is 1.38 bits per heavy atom. The topological polar surface area (TPSA) is 41.4 Å². The number of aromatic nitrogens is 2. The van der Waals surface area contributed by atoms with Gasteiger partial charge in [0.25, 0.3) is 5.91 Å². The Kier molecular flexibility index (Phi) is 5.71. The highest BCUT2D eigenvalue weighted by Gasteiger charge is 2.28. The van der Waals surface area contributed by atoms with Gasteiger partial charge in [0.05, 0.1) is 0 Å². The number of piperidine rings is 1. The summed E-state index contributed by atoms with van der Waals surface area (Å²) in [6.07, 6.45) is 5.85. The van der Waals surface area contributed by atoms with Gasteiger partial charge in [-0.05, 0) is 57.6 Å². The van der Waals surface area contributed by atoms with E-state index in [1.165, 1.54) is 6.07 Å². The number of hydrogen-bond donors (Lipinski definition) is 0. The second-order valence-electron chi connectivity index (χ2n) is 7.34. The smallest absolute Gasteiger partial charge is 0.253 e. The molecule has 5 nitrogen and oxygen atoms in total. The molecule has 26 heavy (non-hydrogen) atoms. The Balaban J connectivity index is 1.72. The first-order valence-electron chi connectivity index (χ1n) is 9.17. The van der Waals surface area contributed by atoms with Gasteiger partial charge in [0, 0.05) is 50.1 Å². The number of carbonyl (C=O) groups excluding carboxylic acids is 1. The Morgan fingerprint density at radius 2 is 2.19 bits per heavy atom. The van der Waals surface area contributed by atoms with Crippen molar-refractivity contribution in [2.24, 2.45) is 0 Å². The van der Waals surface area contributed by atoms with Crippen LogP contribution in [0.2, 0.25) is 0 Å². The average Bonchev–Trinajstić information content (AvgIpc) is 3.10. The highest BCUT2D eigenvalue weighted by Crippen LogP contribution is 2.27. The van der Waals surface area contributed by atoms with E-state index >= 15 is 0 Å². The van der Waals surface area contributed by atoms with Gasteiger partial charge in [-0.2, -0.15) is 0 Å². The minimum absolute atomic E-state index is 0.0239. The minimum atomic E-state index is -0.277. The molecule has 1 unspecified atom stereocenters. The third-order valence-corrected chi connectivity index (χ3v) is 5.01. The van der Waals surface area contributed by atoms with Gasteiger partial charge in [-0.15, -0.1) is 0 Å². The maximum atomic E-state index is 13.5. The first kappa shape index (κ1) is 18.6. The van der Waals surface area contributed by atoms with Gasteiger partial charge in [-0.25, -0.2) is 9.37 Å². The number of halogens is 1. The number of benzene rings is 1. The van der Waals surface area contributed by atoms with E-state index in [-0.39, 0.29) is 17.6 Å². The van der Waals surface area contributed by atoms with Gasteiger partial charge in [-0.3, -0.25) is 4.79 Å². The van der Waals surface area contributed by atoms with E-state index in [2.05, 4.69) is 28.5 Å². The van der Waals surface area contributed by atoms with Crippen LogP contribution in [0.25, 0.3) is 0 Å². The van der Waals surface area contributed by atoms with Gasteiger partial charge in [0.2, 0.25) is 0 Å². The molecule has 1 fully saturated rings. The number of likely N-dealkylation sites (N-methyl/N-ethyl adjacent to an activating group) is 1. The summed E-state index contributed by atoms with van der Waals surface area (Å²) in [6.45, 7) is 4.93. The highest BCUT2D eigenvalue weighted by molar-refractivity contribution is 5.94. The average molecular weight is 358 g/mol. The van der Waals surface area contributed by atoms with Crippen molar-refractivity contribution in [2.75, 3.05) is 33.7 Å². The van der Waals surface area contributed by atoms with Crippen LogP contribution >= 0.6 is 0 Å². The van der Waals surface area contributed by atoms with E-state index < -0.39 is 0 Å². The molecule has 1 aromatic carbocycles. The Hall–Kier alpha value is -2.21. The number of rotatable bonds is 5. The summed E-state index contributed by atoms with van der Waals surface area (Å²) in [5.74, 6) is 0.997. The molecule has 1 aliphatic heterocycles. The lowest BCUT2D eigenvalue weighted by atomic mass is 9.96. The van der Waals surface area contributed by atoms with Gasteiger partial charge < -0.3 is 14.4 Å². The summed E-state index contributed by atoms with van der Waals surface area (Å²) in [5.41, 5.74) is 1.06. The first-order valence-corrected chi connectivity index (χ1v) is 9.17. The van der Waals surface area contributed by atoms with Crippen molar-refractivity contribution < 1.29 is 9.18 Å². The van der Waals surface area contributed by atoms with E-state index in [1.54, 1.807) is 19.1 Å². The van der Waals surface area contributed by atoms with Crippen LogP contribution in [0.15, 0.2) is 30.6 Å². The summed E-state index contributed by atoms with van der Waals surface area (Å²) >= 11 is 0. The lowest BCUT2D eigenvalue weighted by Crippen LogP contribution is -2.40. The van der Waals surface area contributed by atoms with E-state index in [1.807, 2.05) is 17.3 Å². The van der Waals surface area contributed by atoms with Crippen molar-refractivity contribution >= 4 is 5.91 Å². The zero-order valence-electron chi connectivity index (χ0n) is 15.8. The van der Waals surface area contributed by atoms with E-state index in [0.717, 1.165) is 38.3 Å². The van der Waals surface area contributed by atoms with Crippen molar-refractivity contribution in [1.29, 1.82) is 0 Å². The van der Waals surface area contributed by atoms with E-state index in [9.17, 15) is 9.18 Å². The lowest BCUT2D eigenvalue weighted by Gasteiger charge is -2.33. The van der Waals surface area contributed by atoms with Crippen LogP contribution in [-0.4, -0.2) is 59.0 Å². The van der Waals surface area contributed by atoms with Crippen LogP contribution in [-0.2, 0) is 6.54 Å². The lowest BCUT2D eigenvalue weighted by molar-refractivity contribution is 0.0703. The number of hydrogen-bond acceptors (Lipinski definition) is 3. The molecule has 3 rings (SSSR count). The molecule has 1 saturated heterocycles. The number of amides is 1. The molecule has 0 aliphatic carbocycles. The summed E-state index contributed by atoms with van der Waals surface area (Å²) in [6, 6.07) is 4.59. The van der Waals surface area contributed by atoms with Crippen LogP contribution < -0.4 is 0 Å². The van der Waals surface area contributed by atoms with Gasteiger partial charge in [0.15, 0.2) is 0 Å². The monoisotopic (exact) mass is 358 g/mol. The van der Waals surface area contributed by atoms with Crippen LogP contribution in [0, 0.1) is 12.7 Å². The quantitative estimate of drug-likeness (QED) is 0.825. The molecule has 2 aromatic rings. The number of aryl methyl sites for hydroxylation is 1. The van der Waals surface area contributed by atoms with Crippen molar-refractivity contribution in [3.63, 3.8) is 0 Å². The molecule has 6 heteroatoms. The number of likely N-dealkylation sites (tertiary alicyclic amines) is 1. The molecule has 140 valence electrons. The van der Waals surface area contributed by atoms with Crippen LogP contribution in [0.5, 0.6) is 0 Å². The second-order valence-corrected chi connectivity index (χ2v) is 7.34. The molecule has 1 atom stereocenters. The minimum Gasteiger partial charge on any atom is -0.338 e. The Bertz CT molecular complexity index is 771. The summed E-state index contributed by atoms with van der Waals surface area (Å²) < 4.78 is 15.7. The summed E-state index contributed by atoms with van der Waals surface area (Å²) in [7, 11) is 4.12. The molecule has 0 saturated carbocycles. The molecule has 0 spiro atoms. The fraction of sp³-hybridized carbons (Fsp3) is 0.500. The number of carbonyl (C=O) groups is 1. The molecule has 1 aliphatic rings. The van der Waals surface area contributed by atoms with Crippen molar-refractivity contribution in [3.8, 4) is 0 Å². The third kappa shape index (κ3) is 4.12. The zero-order valence-corrected chi connectivity index (χ0v) is 15.8. The van der Waals surface area contributed by atoms with E-state index in [0.29, 0.717) is 17.7 Å². The Morgan fingerprint density at radius 3 is 2.92 bits per heavy atom. The zero-order chi connectivity index (χ0) is 18.7. The number of imidazole rings is 1. The summed E-state index contributed by atoms with van der Waals surface area (Å²) in [4.78, 5) is 21.4. The molecule has 0 bridgehead atoms. The molecule has 0 N–H and O–H groups in total. The normalized spacial score (nSPS) is 17.7. The van der Waals surface area contributed by atoms with E-state index in [4.69, 9.17) is 0 Å². The summed E-state index contributed by atoms with van der Waals surface area (Å²) in [5, 5.41) is 0. The largest absolute Gasteiger partial charge is 0.338 e.